The number of nitrogens with one attached hydrogen (secondary N) is 2. The van der Waals surface area contributed by atoms with Gasteiger partial charge in [-0.3, -0.25) is 4.98 Å². The van der Waals surface area contributed by atoms with E-state index in [0.29, 0.717) is 13.2 Å². The summed E-state index contributed by atoms with van der Waals surface area (Å²) >= 11 is 0. The molecule has 1 fully saturated rings. The number of hydrogen-bond donors (Lipinski definition) is 2. The number of fused-ring (bicyclic) bond motifs is 1. The summed E-state index contributed by atoms with van der Waals surface area (Å²) in [6.07, 6.45) is 5.55. The fourth-order valence-electron chi connectivity index (χ4n) is 3.31. The van der Waals surface area contributed by atoms with Crippen LogP contribution in [0.25, 0.3) is 22.0 Å². The lowest BCUT2D eigenvalue weighted by molar-refractivity contribution is 0.210. The van der Waals surface area contributed by atoms with Gasteiger partial charge >= 0.3 is 0 Å². The first-order valence-electron chi connectivity index (χ1n) is 9.25. The molecule has 7 nitrogen and oxygen atoms in total. The summed E-state index contributed by atoms with van der Waals surface area (Å²) in [7, 11) is 1.69. The molecule has 0 atom stereocenters. The van der Waals surface area contributed by atoms with Crippen LogP contribution in [0.2, 0.25) is 0 Å². The zero-order chi connectivity index (χ0) is 18.5. The molecular formula is C20H24N6O. The van der Waals surface area contributed by atoms with Gasteiger partial charge in [0.2, 0.25) is 0 Å². The van der Waals surface area contributed by atoms with E-state index in [0.717, 1.165) is 59.8 Å². The van der Waals surface area contributed by atoms with Crippen molar-refractivity contribution >= 4 is 22.4 Å². The van der Waals surface area contributed by atoms with Crippen molar-refractivity contribution in [2.45, 2.75) is 0 Å². The number of nitrogens with zero attached hydrogens (tertiary/aromatic N) is 4. The molecule has 0 radical (unpaired) electrons. The Bertz CT molecular complexity index is 910. The van der Waals surface area contributed by atoms with Crippen LogP contribution in [0.15, 0.2) is 42.9 Å². The van der Waals surface area contributed by atoms with Crippen LogP contribution in [0.1, 0.15) is 0 Å². The summed E-state index contributed by atoms with van der Waals surface area (Å²) in [6.45, 7) is 5.21. The molecular weight excluding hydrogens is 340 g/mol. The fraction of sp³-hybridized carbons (Fsp3) is 0.350. The largest absolute Gasteiger partial charge is 0.383 e. The van der Waals surface area contributed by atoms with Crippen LogP contribution in [-0.4, -0.2) is 61.4 Å². The van der Waals surface area contributed by atoms with Gasteiger partial charge in [0.1, 0.15) is 11.6 Å². The summed E-state index contributed by atoms with van der Waals surface area (Å²) in [5.74, 6) is 1.85. The molecule has 0 unspecified atom stereocenters. The summed E-state index contributed by atoms with van der Waals surface area (Å²) in [4.78, 5) is 16.1. The zero-order valence-corrected chi connectivity index (χ0v) is 15.5. The van der Waals surface area contributed by atoms with Gasteiger partial charge in [-0.1, -0.05) is 0 Å². The predicted molar refractivity (Wildman–Crippen MR) is 108 cm³/mol. The number of hydrogen-bond acceptors (Lipinski definition) is 7. The number of aromatic nitrogens is 3. The van der Waals surface area contributed by atoms with Crippen LogP contribution in [0.3, 0.4) is 0 Å². The fourth-order valence-corrected chi connectivity index (χ4v) is 3.31. The van der Waals surface area contributed by atoms with Crippen LogP contribution in [0.4, 0.5) is 11.6 Å². The molecule has 4 rings (SSSR count). The van der Waals surface area contributed by atoms with Gasteiger partial charge < -0.3 is 20.3 Å². The van der Waals surface area contributed by atoms with Crippen LogP contribution >= 0.6 is 0 Å². The number of ether oxygens (including phenoxy) is 1. The van der Waals surface area contributed by atoms with Crippen molar-refractivity contribution < 1.29 is 4.74 Å². The molecule has 0 aliphatic carbocycles. The number of pyridine rings is 3. The highest BCUT2D eigenvalue weighted by atomic mass is 16.5. The van der Waals surface area contributed by atoms with Crippen molar-refractivity contribution in [2.24, 2.45) is 0 Å². The van der Waals surface area contributed by atoms with Crippen molar-refractivity contribution in [1.82, 2.24) is 20.3 Å². The Morgan fingerprint density at radius 2 is 2.07 bits per heavy atom. The maximum atomic E-state index is 5.09. The molecule has 4 heterocycles. The first-order chi connectivity index (χ1) is 13.3. The molecule has 0 bridgehead atoms. The highest BCUT2D eigenvalue weighted by Crippen LogP contribution is 2.30. The highest BCUT2D eigenvalue weighted by molar-refractivity contribution is 5.94. The maximum absolute atomic E-state index is 5.09. The minimum atomic E-state index is 0.638. The van der Waals surface area contributed by atoms with Gasteiger partial charge in [-0.2, -0.15) is 0 Å². The monoisotopic (exact) mass is 364 g/mol. The number of piperazine rings is 1. The third-order valence-corrected chi connectivity index (χ3v) is 4.70. The second-order valence-corrected chi connectivity index (χ2v) is 6.51. The topological polar surface area (TPSA) is 75.2 Å². The maximum Gasteiger partial charge on any atom is 0.137 e. The Balaban J connectivity index is 1.72. The summed E-state index contributed by atoms with van der Waals surface area (Å²) in [6, 6.07) is 8.17. The number of rotatable bonds is 6. The molecule has 0 saturated carbocycles. The van der Waals surface area contributed by atoms with Crippen molar-refractivity contribution in [2.75, 3.05) is 56.7 Å². The molecule has 0 amide bonds. The van der Waals surface area contributed by atoms with E-state index in [1.807, 2.05) is 36.8 Å². The second kappa shape index (κ2) is 8.28. The average Bonchev–Trinajstić information content (AvgIpc) is 2.74. The van der Waals surface area contributed by atoms with E-state index in [1.54, 1.807) is 7.11 Å². The van der Waals surface area contributed by atoms with Crippen LogP contribution in [0, 0.1) is 0 Å². The van der Waals surface area contributed by atoms with Crippen LogP contribution in [0.5, 0.6) is 0 Å². The molecule has 0 spiro atoms. The Morgan fingerprint density at radius 3 is 2.93 bits per heavy atom. The first-order valence-corrected chi connectivity index (χ1v) is 9.25. The number of methoxy groups -OCH3 is 1. The molecule has 3 aromatic rings. The standard InChI is InChI=1S/C20H24N6O/c1-27-11-8-24-19-13-15(2-5-23-19)18-12-16-14-22-4-3-17(16)20(25-18)26-9-6-21-7-10-26/h2-5,12-14,21H,6-11H2,1H3,(H,23,24). The van der Waals surface area contributed by atoms with Gasteiger partial charge in [0, 0.05) is 74.8 Å². The van der Waals surface area contributed by atoms with Crippen LogP contribution in [-0.2, 0) is 4.74 Å². The summed E-state index contributed by atoms with van der Waals surface area (Å²) in [5, 5.41) is 8.92. The Morgan fingerprint density at radius 1 is 1.19 bits per heavy atom. The number of anilines is 2. The summed E-state index contributed by atoms with van der Waals surface area (Å²) in [5.41, 5.74) is 1.97. The van der Waals surface area contributed by atoms with E-state index >= 15 is 0 Å². The molecule has 140 valence electrons. The van der Waals surface area contributed by atoms with E-state index < -0.39 is 0 Å². The minimum Gasteiger partial charge on any atom is -0.383 e. The van der Waals surface area contributed by atoms with E-state index in [-0.39, 0.29) is 0 Å². The highest BCUT2D eigenvalue weighted by Gasteiger charge is 2.16. The Hall–Kier alpha value is -2.77. The lowest BCUT2D eigenvalue weighted by atomic mass is 10.1. The van der Waals surface area contributed by atoms with E-state index in [1.165, 1.54) is 0 Å². The third kappa shape index (κ3) is 3.99. The van der Waals surface area contributed by atoms with Gasteiger partial charge in [-0.05, 0) is 24.3 Å². The smallest absolute Gasteiger partial charge is 0.137 e. The Kier molecular flexibility index (Phi) is 5.41. The lowest BCUT2D eigenvalue weighted by Crippen LogP contribution is -2.44. The predicted octanol–water partition coefficient (Wildman–Crippen LogP) is 2.16. The van der Waals surface area contributed by atoms with Crippen molar-refractivity contribution in [3.05, 3.63) is 42.9 Å². The van der Waals surface area contributed by atoms with Gasteiger partial charge in [0.15, 0.2) is 0 Å². The van der Waals surface area contributed by atoms with Gasteiger partial charge in [-0.25, -0.2) is 9.97 Å². The van der Waals surface area contributed by atoms with Gasteiger partial charge in [0.05, 0.1) is 12.3 Å². The Labute approximate surface area is 158 Å². The van der Waals surface area contributed by atoms with Crippen molar-refractivity contribution in [1.29, 1.82) is 0 Å². The van der Waals surface area contributed by atoms with Crippen molar-refractivity contribution in [3.8, 4) is 11.3 Å². The molecule has 2 N–H and O–H groups in total. The molecule has 0 aromatic carbocycles. The van der Waals surface area contributed by atoms with Gasteiger partial charge in [-0.15, -0.1) is 0 Å². The SMILES string of the molecule is COCCNc1cc(-c2cc3cnccc3c(N3CCNCC3)n2)ccn1. The van der Waals surface area contributed by atoms with Crippen LogP contribution < -0.4 is 15.5 Å². The minimum absolute atomic E-state index is 0.638. The average molecular weight is 364 g/mol. The normalized spacial score (nSPS) is 14.5. The molecule has 1 aliphatic heterocycles. The lowest BCUT2D eigenvalue weighted by Gasteiger charge is -2.29. The molecule has 3 aromatic heterocycles. The second-order valence-electron chi connectivity index (χ2n) is 6.51. The molecule has 7 heteroatoms. The molecule has 1 aliphatic rings. The molecule has 1 saturated heterocycles. The summed E-state index contributed by atoms with van der Waals surface area (Å²) < 4.78 is 5.09. The first kappa shape index (κ1) is 17.6. The van der Waals surface area contributed by atoms with E-state index in [2.05, 4.69) is 31.6 Å². The van der Waals surface area contributed by atoms with Crippen molar-refractivity contribution in [3.63, 3.8) is 0 Å². The van der Waals surface area contributed by atoms with Gasteiger partial charge in [0.25, 0.3) is 0 Å². The quantitative estimate of drug-likeness (QED) is 0.649. The van der Waals surface area contributed by atoms with E-state index in [9.17, 15) is 0 Å². The zero-order valence-electron chi connectivity index (χ0n) is 15.5. The molecule has 27 heavy (non-hydrogen) atoms. The van der Waals surface area contributed by atoms with E-state index in [4.69, 9.17) is 9.72 Å². The third-order valence-electron chi connectivity index (χ3n) is 4.70.